The van der Waals surface area contributed by atoms with Gasteiger partial charge in [0.1, 0.15) is 0 Å². The van der Waals surface area contributed by atoms with Crippen molar-refractivity contribution in [2.75, 3.05) is 17.0 Å². The van der Waals surface area contributed by atoms with E-state index >= 15 is 0 Å². The summed E-state index contributed by atoms with van der Waals surface area (Å²) in [5.41, 5.74) is 0.882. The molecule has 0 aliphatic heterocycles. The van der Waals surface area contributed by atoms with Crippen LogP contribution in [0.25, 0.3) is 0 Å². The summed E-state index contributed by atoms with van der Waals surface area (Å²) in [6, 6.07) is 6.54. The first kappa shape index (κ1) is 17.5. The Morgan fingerprint density at radius 2 is 1.90 bits per heavy atom. The molecule has 0 aromatic heterocycles. The van der Waals surface area contributed by atoms with Gasteiger partial charge >= 0.3 is 0 Å². The largest absolute Gasteiger partial charge is 0.352 e. The molecular weight excluding hydrogens is 288 g/mol. The zero-order valence-electron chi connectivity index (χ0n) is 12.7. The molecule has 1 amide bonds. The molecule has 2 N–H and O–H groups in total. The van der Waals surface area contributed by atoms with Gasteiger partial charge in [-0.2, -0.15) is 0 Å². The normalized spacial score (nSPS) is 11.1. The second-order valence-electron chi connectivity index (χ2n) is 4.96. The van der Waals surface area contributed by atoms with Crippen LogP contribution in [0, 0.1) is 0 Å². The van der Waals surface area contributed by atoms with Gasteiger partial charge in [0.05, 0.1) is 5.75 Å². The van der Waals surface area contributed by atoms with Crippen molar-refractivity contribution < 1.29 is 13.2 Å². The lowest BCUT2D eigenvalue weighted by molar-refractivity contribution is 0.0953. The molecule has 5 nitrogen and oxygen atoms in total. The van der Waals surface area contributed by atoms with E-state index in [-0.39, 0.29) is 11.7 Å². The number of carbonyl (C=O) groups excluding carboxylic acids is 1. The molecule has 0 heterocycles. The quantitative estimate of drug-likeness (QED) is 0.688. The van der Waals surface area contributed by atoms with Crippen molar-refractivity contribution in [3.63, 3.8) is 0 Å². The molecule has 0 saturated heterocycles. The fourth-order valence-corrected chi connectivity index (χ4v) is 3.03. The topological polar surface area (TPSA) is 75.3 Å². The molecule has 0 radical (unpaired) electrons. The Morgan fingerprint density at radius 3 is 2.57 bits per heavy atom. The van der Waals surface area contributed by atoms with Crippen LogP contribution in [0.5, 0.6) is 0 Å². The standard InChI is InChI=1S/C15H24N2O3S/c1-3-5-6-10-16-15(18)13-8-7-9-14(12-13)17-21(19,20)11-4-2/h7-9,12,17H,3-6,10-11H2,1-2H3,(H,16,18). The Kier molecular flexibility index (Phi) is 7.22. The second kappa shape index (κ2) is 8.67. The molecule has 0 atom stereocenters. The summed E-state index contributed by atoms with van der Waals surface area (Å²) >= 11 is 0. The third-order valence-electron chi connectivity index (χ3n) is 2.94. The minimum absolute atomic E-state index is 0.0699. The van der Waals surface area contributed by atoms with Crippen LogP contribution < -0.4 is 10.0 Å². The smallest absolute Gasteiger partial charge is 0.251 e. The second-order valence-corrected chi connectivity index (χ2v) is 6.81. The minimum Gasteiger partial charge on any atom is -0.352 e. The summed E-state index contributed by atoms with van der Waals surface area (Å²) in [7, 11) is -3.33. The van der Waals surface area contributed by atoms with Gasteiger partial charge in [-0.25, -0.2) is 8.42 Å². The van der Waals surface area contributed by atoms with Crippen LogP contribution >= 0.6 is 0 Å². The van der Waals surface area contributed by atoms with E-state index in [2.05, 4.69) is 17.0 Å². The maximum atomic E-state index is 12.0. The Morgan fingerprint density at radius 1 is 1.14 bits per heavy atom. The molecule has 6 heteroatoms. The lowest BCUT2D eigenvalue weighted by Gasteiger charge is -2.09. The van der Waals surface area contributed by atoms with Gasteiger partial charge in [0, 0.05) is 17.8 Å². The Labute approximate surface area is 127 Å². The average molecular weight is 312 g/mol. The van der Waals surface area contributed by atoms with Gasteiger partial charge in [0.15, 0.2) is 0 Å². The number of anilines is 1. The number of sulfonamides is 1. The van der Waals surface area contributed by atoms with Gasteiger partial charge in [-0.05, 0) is 31.0 Å². The highest BCUT2D eigenvalue weighted by atomic mass is 32.2. The highest BCUT2D eigenvalue weighted by Crippen LogP contribution is 2.13. The maximum Gasteiger partial charge on any atom is 0.251 e. The van der Waals surface area contributed by atoms with Crippen LogP contribution in [0.1, 0.15) is 49.9 Å². The summed E-state index contributed by atoms with van der Waals surface area (Å²) in [6.07, 6.45) is 3.68. The van der Waals surface area contributed by atoms with E-state index < -0.39 is 10.0 Å². The molecule has 1 aromatic rings. The Hall–Kier alpha value is -1.56. The first-order valence-corrected chi connectivity index (χ1v) is 9.02. The molecule has 0 fully saturated rings. The Bertz CT molecular complexity index is 556. The van der Waals surface area contributed by atoms with E-state index in [9.17, 15) is 13.2 Å². The SMILES string of the molecule is CCCCCNC(=O)c1cccc(NS(=O)(=O)CCC)c1. The summed E-state index contributed by atoms with van der Waals surface area (Å²) in [6.45, 7) is 4.55. The molecule has 1 aromatic carbocycles. The predicted molar refractivity (Wildman–Crippen MR) is 86.0 cm³/mol. The highest BCUT2D eigenvalue weighted by molar-refractivity contribution is 7.92. The number of carbonyl (C=O) groups is 1. The molecule has 0 bridgehead atoms. The Balaban J connectivity index is 2.65. The molecule has 1 rings (SSSR count). The van der Waals surface area contributed by atoms with Gasteiger partial charge in [0.25, 0.3) is 5.91 Å². The average Bonchev–Trinajstić information content (AvgIpc) is 2.43. The van der Waals surface area contributed by atoms with E-state index in [4.69, 9.17) is 0 Å². The summed E-state index contributed by atoms with van der Waals surface area (Å²) < 4.78 is 25.9. The van der Waals surface area contributed by atoms with Gasteiger partial charge in [-0.1, -0.05) is 32.8 Å². The van der Waals surface area contributed by atoms with E-state index in [1.807, 2.05) is 0 Å². The minimum atomic E-state index is -3.33. The predicted octanol–water partition coefficient (Wildman–Crippen LogP) is 2.76. The third-order valence-corrected chi connectivity index (χ3v) is 4.43. The molecule has 118 valence electrons. The molecule has 0 aliphatic carbocycles. The summed E-state index contributed by atoms with van der Waals surface area (Å²) in [4.78, 5) is 12.0. The molecule has 0 saturated carbocycles. The van der Waals surface area contributed by atoms with Crippen molar-refractivity contribution in [1.82, 2.24) is 5.32 Å². The lowest BCUT2D eigenvalue weighted by atomic mass is 10.2. The number of rotatable bonds is 9. The van der Waals surface area contributed by atoms with Crippen LogP contribution in [0.3, 0.4) is 0 Å². The number of unbranched alkanes of at least 4 members (excludes halogenated alkanes) is 2. The van der Waals surface area contributed by atoms with Crippen molar-refractivity contribution in [1.29, 1.82) is 0 Å². The van der Waals surface area contributed by atoms with E-state index in [0.29, 0.717) is 24.2 Å². The van der Waals surface area contributed by atoms with Crippen molar-refractivity contribution in [3.8, 4) is 0 Å². The zero-order chi connectivity index (χ0) is 15.7. The van der Waals surface area contributed by atoms with Crippen molar-refractivity contribution >= 4 is 21.6 Å². The lowest BCUT2D eigenvalue weighted by Crippen LogP contribution is -2.24. The van der Waals surface area contributed by atoms with E-state index in [1.54, 1.807) is 31.2 Å². The molecule has 0 aliphatic rings. The van der Waals surface area contributed by atoms with Crippen LogP contribution in [0.15, 0.2) is 24.3 Å². The number of benzene rings is 1. The van der Waals surface area contributed by atoms with Crippen molar-refractivity contribution in [2.24, 2.45) is 0 Å². The molecule has 0 unspecified atom stereocenters. The van der Waals surface area contributed by atoms with Crippen molar-refractivity contribution in [3.05, 3.63) is 29.8 Å². The summed E-state index contributed by atoms with van der Waals surface area (Å²) in [5, 5.41) is 2.83. The fourth-order valence-electron chi connectivity index (χ4n) is 1.90. The molecule has 21 heavy (non-hydrogen) atoms. The number of hydrogen-bond acceptors (Lipinski definition) is 3. The van der Waals surface area contributed by atoms with E-state index in [1.165, 1.54) is 0 Å². The zero-order valence-corrected chi connectivity index (χ0v) is 13.5. The van der Waals surface area contributed by atoms with Gasteiger partial charge in [-0.15, -0.1) is 0 Å². The number of hydrogen-bond donors (Lipinski definition) is 2. The molecular formula is C15H24N2O3S. The van der Waals surface area contributed by atoms with Crippen LogP contribution in [0.4, 0.5) is 5.69 Å². The van der Waals surface area contributed by atoms with Gasteiger partial charge in [0.2, 0.25) is 10.0 Å². The van der Waals surface area contributed by atoms with Crippen LogP contribution in [-0.2, 0) is 10.0 Å². The number of amides is 1. The fraction of sp³-hybridized carbons (Fsp3) is 0.533. The van der Waals surface area contributed by atoms with Crippen molar-refractivity contribution in [2.45, 2.75) is 39.5 Å². The van der Waals surface area contributed by atoms with E-state index in [0.717, 1.165) is 19.3 Å². The monoisotopic (exact) mass is 312 g/mol. The van der Waals surface area contributed by atoms with Gasteiger partial charge in [-0.3, -0.25) is 9.52 Å². The first-order valence-electron chi connectivity index (χ1n) is 7.37. The highest BCUT2D eigenvalue weighted by Gasteiger charge is 2.10. The van der Waals surface area contributed by atoms with Crippen LogP contribution in [-0.4, -0.2) is 26.6 Å². The van der Waals surface area contributed by atoms with Crippen LogP contribution in [0.2, 0.25) is 0 Å². The third kappa shape index (κ3) is 6.62. The number of nitrogens with one attached hydrogen (secondary N) is 2. The molecule has 0 spiro atoms. The maximum absolute atomic E-state index is 12.0. The van der Waals surface area contributed by atoms with Gasteiger partial charge < -0.3 is 5.32 Å². The summed E-state index contributed by atoms with van der Waals surface area (Å²) in [5.74, 6) is -0.108. The first-order chi connectivity index (χ1) is 9.98.